The van der Waals surface area contributed by atoms with Crippen molar-refractivity contribution in [2.75, 3.05) is 28.2 Å². The van der Waals surface area contributed by atoms with E-state index in [0.717, 1.165) is 11.1 Å². The second-order valence-electron chi connectivity index (χ2n) is 5.17. The van der Waals surface area contributed by atoms with Crippen LogP contribution in [0.5, 0.6) is 5.75 Å². The maximum absolute atomic E-state index is 11.5. The van der Waals surface area contributed by atoms with Crippen molar-refractivity contribution in [3.63, 3.8) is 0 Å². The molecule has 0 saturated carbocycles. The third-order valence-corrected chi connectivity index (χ3v) is 2.65. The van der Waals surface area contributed by atoms with E-state index in [1.54, 1.807) is 19.1 Å². The Morgan fingerprint density at radius 1 is 1.00 bits per heavy atom. The number of carbonyl (C=O) groups is 1. The second-order valence-corrected chi connectivity index (χ2v) is 5.17. The Morgan fingerprint density at radius 3 is 1.60 bits per heavy atom. The highest BCUT2D eigenvalue weighted by Crippen LogP contribution is 2.26. The Hall–Kier alpha value is -0.430. The fourth-order valence-electron chi connectivity index (χ4n) is 1.89. The normalized spacial score (nSPS) is 10.2. The number of Topliss-reactive ketones (excluding diaryl/α,β-unsaturated/α-hetero) is 1. The monoisotopic (exact) mass is 410 g/mol. The van der Waals surface area contributed by atoms with Gasteiger partial charge >= 0.3 is 0 Å². The third-order valence-electron chi connectivity index (χ3n) is 2.65. The molecule has 1 N–H and O–H groups in total. The first kappa shape index (κ1) is 21.9. The zero-order valence-corrected chi connectivity index (χ0v) is 16.1. The van der Waals surface area contributed by atoms with Crippen LogP contribution in [0.3, 0.4) is 0 Å². The molecule has 0 unspecified atom stereocenters. The minimum absolute atomic E-state index is 0. The summed E-state index contributed by atoms with van der Waals surface area (Å²) >= 11 is 0. The van der Waals surface area contributed by atoms with E-state index < -0.39 is 0 Å². The Labute approximate surface area is 142 Å². The van der Waals surface area contributed by atoms with Gasteiger partial charge in [0.1, 0.15) is 5.75 Å². The smallest absolute Gasteiger partial charge is 0.159 e. The molecular formula is C14H24Br2N2O2. The molecule has 1 rings (SSSR count). The molecular weight excluding hydrogens is 388 g/mol. The SMILES string of the molecule is Br.Br.CC(=O)c1cc(CN(C)C)c(O)c(CN(C)C)c1. The van der Waals surface area contributed by atoms with Crippen LogP contribution in [0.1, 0.15) is 28.4 Å². The number of carbonyl (C=O) groups excluding carboxylic acids is 1. The zero-order chi connectivity index (χ0) is 13.9. The van der Waals surface area contributed by atoms with E-state index in [1.807, 2.05) is 38.0 Å². The van der Waals surface area contributed by atoms with Crippen molar-refractivity contribution in [3.8, 4) is 5.75 Å². The number of hydrogen-bond donors (Lipinski definition) is 1. The number of ketones is 1. The number of benzene rings is 1. The van der Waals surface area contributed by atoms with Gasteiger partial charge in [0.15, 0.2) is 5.78 Å². The van der Waals surface area contributed by atoms with Crippen LogP contribution in [-0.4, -0.2) is 48.9 Å². The van der Waals surface area contributed by atoms with Crippen LogP contribution < -0.4 is 0 Å². The first-order valence-corrected chi connectivity index (χ1v) is 5.96. The van der Waals surface area contributed by atoms with Crippen LogP contribution in [0.2, 0.25) is 0 Å². The van der Waals surface area contributed by atoms with Crippen molar-refractivity contribution in [1.29, 1.82) is 0 Å². The number of aromatic hydroxyl groups is 1. The molecule has 4 nitrogen and oxygen atoms in total. The molecule has 1 aromatic rings. The molecule has 20 heavy (non-hydrogen) atoms. The standard InChI is InChI=1S/C14H22N2O2.2BrH/c1-10(17)11-6-12(8-15(2)3)14(18)13(7-11)9-16(4)5;;/h6-7,18H,8-9H2,1-5H3;2*1H. The van der Waals surface area contributed by atoms with E-state index in [9.17, 15) is 9.90 Å². The molecule has 0 heterocycles. The van der Waals surface area contributed by atoms with Gasteiger partial charge in [-0.2, -0.15) is 0 Å². The van der Waals surface area contributed by atoms with Gasteiger partial charge < -0.3 is 14.9 Å². The van der Waals surface area contributed by atoms with E-state index in [4.69, 9.17) is 0 Å². The summed E-state index contributed by atoms with van der Waals surface area (Å²) in [7, 11) is 7.74. The topological polar surface area (TPSA) is 43.8 Å². The van der Waals surface area contributed by atoms with E-state index in [2.05, 4.69) is 0 Å². The Balaban J connectivity index is 0. The van der Waals surface area contributed by atoms with Crippen molar-refractivity contribution < 1.29 is 9.90 Å². The van der Waals surface area contributed by atoms with Crippen LogP contribution in [0.15, 0.2) is 12.1 Å². The fourth-order valence-corrected chi connectivity index (χ4v) is 1.89. The molecule has 0 bridgehead atoms. The summed E-state index contributed by atoms with van der Waals surface area (Å²) in [5, 5.41) is 10.2. The zero-order valence-electron chi connectivity index (χ0n) is 12.6. The number of rotatable bonds is 5. The molecule has 0 spiro atoms. The highest BCUT2D eigenvalue weighted by Gasteiger charge is 2.13. The molecule has 0 radical (unpaired) electrons. The minimum atomic E-state index is 0. The van der Waals surface area contributed by atoms with Gasteiger partial charge in [0, 0.05) is 29.8 Å². The van der Waals surface area contributed by atoms with Gasteiger partial charge in [0.05, 0.1) is 0 Å². The van der Waals surface area contributed by atoms with Gasteiger partial charge in [0.25, 0.3) is 0 Å². The predicted octanol–water partition coefficient (Wildman–Crippen LogP) is 2.87. The van der Waals surface area contributed by atoms with E-state index in [1.165, 1.54) is 0 Å². The maximum atomic E-state index is 11.5. The van der Waals surface area contributed by atoms with Gasteiger partial charge in [-0.25, -0.2) is 0 Å². The second kappa shape index (κ2) is 9.50. The molecule has 116 valence electrons. The number of phenolic OH excluding ortho intramolecular Hbond substituents is 1. The van der Waals surface area contributed by atoms with Gasteiger partial charge in [-0.15, -0.1) is 34.0 Å². The summed E-state index contributed by atoms with van der Waals surface area (Å²) in [6.07, 6.45) is 0. The summed E-state index contributed by atoms with van der Waals surface area (Å²) in [5.74, 6) is 0.317. The number of hydrogen-bond acceptors (Lipinski definition) is 4. The lowest BCUT2D eigenvalue weighted by Crippen LogP contribution is -2.15. The van der Waals surface area contributed by atoms with Crippen molar-refractivity contribution in [1.82, 2.24) is 9.80 Å². The average molecular weight is 412 g/mol. The highest BCUT2D eigenvalue weighted by atomic mass is 79.9. The quantitative estimate of drug-likeness (QED) is 0.756. The lowest BCUT2D eigenvalue weighted by atomic mass is 10.0. The summed E-state index contributed by atoms with van der Waals surface area (Å²) in [6.45, 7) is 2.78. The van der Waals surface area contributed by atoms with E-state index >= 15 is 0 Å². The molecule has 0 atom stereocenters. The van der Waals surface area contributed by atoms with Gasteiger partial charge in [0.2, 0.25) is 0 Å². The van der Waals surface area contributed by atoms with Gasteiger partial charge in [-0.1, -0.05) is 0 Å². The maximum Gasteiger partial charge on any atom is 0.159 e. The molecule has 0 aliphatic carbocycles. The van der Waals surface area contributed by atoms with E-state index in [-0.39, 0.29) is 39.7 Å². The molecule has 6 heteroatoms. The molecule has 0 aliphatic heterocycles. The third kappa shape index (κ3) is 6.35. The Bertz CT molecular complexity index is 418. The highest BCUT2D eigenvalue weighted by molar-refractivity contribution is 8.93. The first-order valence-electron chi connectivity index (χ1n) is 5.96. The van der Waals surface area contributed by atoms with Crippen molar-refractivity contribution in [2.45, 2.75) is 20.0 Å². The number of halogens is 2. The average Bonchev–Trinajstić information content (AvgIpc) is 2.22. The van der Waals surface area contributed by atoms with Crippen LogP contribution in [0.25, 0.3) is 0 Å². The molecule has 1 aromatic carbocycles. The van der Waals surface area contributed by atoms with Crippen molar-refractivity contribution in [3.05, 3.63) is 28.8 Å². The predicted molar refractivity (Wildman–Crippen MR) is 93.5 cm³/mol. The molecule has 0 saturated heterocycles. The molecule has 0 amide bonds. The largest absolute Gasteiger partial charge is 0.507 e. The summed E-state index contributed by atoms with van der Waals surface area (Å²) in [6, 6.07) is 3.55. The summed E-state index contributed by atoms with van der Waals surface area (Å²) in [5.41, 5.74) is 2.25. The fraction of sp³-hybridized carbons (Fsp3) is 0.500. The Kier molecular flexibility index (Phi) is 10.4. The lowest BCUT2D eigenvalue weighted by molar-refractivity contribution is 0.101. The molecule has 0 aromatic heterocycles. The summed E-state index contributed by atoms with van der Waals surface area (Å²) in [4.78, 5) is 15.5. The van der Waals surface area contributed by atoms with Gasteiger partial charge in [-0.3, -0.25) is 4.79 Å². The molecule has 0 fully saturated rings. The van der Waals surface area contributed by atoms with Crippen molar-refractivity contribution in [2.24, 2.45) is 0 Å². The number of nitrogens with zero attached hydrogens (tertiary/aromatic N) is 2. The first-order chi connectivity index (χ1) is 8.31. The van der Waals surface area contributed by atoms with Crippen LogP contribution >= 0.6 is 34.0 Å². The van der Waals surface area contributed by atoms with E-state index in [0.29, 0.717) is 24.4 Å². The van der Waals surface area contributed by atoms with Gasteiger partial charge in [-0.05, 0) is 47.2 Å². The van der Waals surface area contributed by atoms with Crippen molar-refractivity contribution >= 4 is 39.7 Å². The van der Waals surface area contributed by atoms with Crippen LogP contribution in [-0.2, 0) is 13.1 Å². The summed E-state index contributed by atoms with van der Waals surface area (Å²) < 4.78 is 0. The lowest BCUT2D eigenvalue weighted by Gasteiger charge is -2.17. The molecule has 0 aliphatic rings. The number of phenols is 1. The van der Waals surface area contributed by atoms with Crippen LogP contribution in [0.4, 0.5) is 0 Å². The minimum Gasteiger partial charge on any atom is -0.507 e. The Morgan fingerprint density at radius 2 is 1.35 bits per heavy atom. The van der Waals surface area contributed by atoms with Crippen LogP contribution in [0, 0.1) is 0 Å².